The maximum Gasteiger partial charge on any atom is 0.328 e. The Balaban J connectivity index is 1.89. The van der Waals surface area contributed by atoms with Gasteiger partial charge in [-0.05, 0) is 30.4 Å². The Morgan fingerprint density at radius 3 is 2.65 bits per heavy atom. The van der Waals surface area contributed by atoms with E-state index in [0.717, 1.165) is 19.3 Å². The van der Waals surface area contributed by atoms with Gasteiger partial charge in [-0.15, -0.1) is 0 Å². The molecular weight excluding hydrogens is 260 g/mol. The van der Waals surface area contributed by atoms with Gasteiger partial charge in [-0.1, -0.05) is 24.3 Å². The standard InChI is InChI=1S/C14H18N2O4/c17-8-12(13(18)19)16-14(20)15-11-6-5-9-3-1-2-4-10(9)7-11/h1-4,11-12,17H,5-8H2,(H,18,19)(H2,15,16,20). The fourth-order valence-electron chi connectivity index (χ4n) is 2.39. The molecule has 0 spiro atoms. The van der Waals surface area contributed by atoms with E-state index in [1.54, 1.807) is 0 Å². The third-order valence-electron chi connectivity index (χ3n) is 3.47. The van der Waals surface area contributed by atoms with Crippen molar-refractivity contribution in [3.8, 4) is 0 Å². The molecule has 0 aliphatic heterocycles. The van der Waals surface area contributed by atoms with Gasteiger partial charge in [0.25, 0.3) is 0 Å². The Bertz CT molecular complexity index is 504. The van der Waals surface area contributed by atoms with Crippen molar-refractivity contribution in [2.45, 2.75) is 31.3 Å². The van der Waals surface area contributed by atoms with Gasteiger partial charge in [-0.3, -0.25) is 0 Å². The molecule has 0 saturated heterocycles. The minimum Gasteiger partial charge on any atom is -0.480 e. The van der Waals surface area contributed by atoms with Crippen LogP contribution in [-0.2, 0) is 17.6 Å². The summed E-state index contributed by atoms with van der Waals surface area (Å²) in [5.74, 6) is -1.25. The number of rotatable bonds is 4. The van der Waals surface area contributed by atoms with Gasteiger partial charge in [0.2, 0.25) is 0 Å². The third-order valence-corrected chi connectivity index (χ3v) is 3.47. The van der Waals surface area contributed by atoms with Gasteiger partial charge in [-0.2, -0.15) is 0 Å². The number of urea groups is 1. The molecule has 1 aromatic carbocycles. The van der Waals surface area contributed by atoms with Gasteiger partial charge in [0.05, 0.1) is 6.61 Å². The van der Waals surface area contributed by atoms with E-state index in [0.29, 0.717) is 0 Å². The zero-order valence-corrected chi connectivity index (χ0v) is 11.0. The molecule has 20 heavy (non-hydrogen) atoms. The van der Waals surface area contributed by atoms with Gasteiger partial charge in [0.15, 0.2) is 6.04 Å². The lowest BCUT2D eigenvalue weighted by Gasteiger charge is -2.26. The predicted molar refractivity (Wildman–Crippen MR) is 72.4 cm³/mol. The van der Waals surface area contributed by atoms with Crippen molar-refractivity contribution in [3.63, 3.8) is 0 Å². The number of hydrogen-bond donors (Lipinski definition) is 4. The predicted octanol–water partition coefficient (Wildman–Crippen LogP) is 0.289. The smallest absolute Gasteiger partial charge is 0.328 e. The average molecular weight is 278 g/mol. The van der Waals surface area contributed by atoms with E-state index in [9.17, 15) is 9.59 Å². The SMILES string of the molecule is O=C(NC1CCc2ccccc2C1)NC(CO)C(=O)O. The van der Waals surface area contributed by atoms with Crippen molar-refractivity contribution in [1.29, 1.82) is 0 Å². The van der Waals surface area contributed by atoms with Crippen LogP contribution in [0.5, 0.6) is 0 Å². The van der Waals surface area contributed by atoms with E-state index in [2.05, 4.69) is 16.7 Å². The Morgan fingerprint density at radius 2 is 2.00 bits per heavy atom. The normalized spacial score (nSPS) is 18.8. The van der Waals surface area contributed by atoms with Gasteiger partial charge in [-0.25, -0.2) is 9.59 Å². The number of carboxylic acids is 1. The third kappa shape index (κ3) is 3.48. The molecule has 0 saturated carbocycles. The first kappa shape index (κ1) is 14.3. The highest BCUT2D eigenvalue weighted by Crippen LogP contribution is 2.20. The fraction of sp³-hybridized carbons (Fsp3) is 0.429. The van der Waals surface area contributed by atoms with Crippen molar-refractivity contribution in [2.75, 3.05) is 6.61 Å². The number of benzene rings is 1. The highest BCUT2D eigenvalue weighted by molar-refractivity contribution is 5.82. The first-order valence-electron chi connectivity index (χ1n) is 6.57. The van der Waals surface area contributed by atoms with Crippen LogP contribution < -0.4 is 10.6 Å². The number of aliphatic carboxylic acids is 1. The number of amides is 2. The van der Waals surface area contributed by atoms with Crippen LogP contribution in [0.1, 0.15) is 17.5 Å². The van der Waals surface area contributed by atoms with E-state index in [4.69, 9.17) is 10.2 Å². The topological polar surface area (TPSA) is 98.7 Å². The number of carbonyl (C=O) groups is 2. The summed E-state index contributed by atoms with van der Waals surface area (Å²) < 4.78 is 0. The highest BCUT2D eigenvalue weighted by Gasteiger charge is 2.23. The van der Waals surface area contributed by atoms with Gasteiger partial charge in [0.1, 0.15) is 0 Å². The molecule has 2 amide bonds. The van der Waals surface area contributed by atoms with Crippen LogP contribution in [0.15, 0.2) is 24.3 Å². The van der Waals surface area contributed by atoms with Crippen molar-refractivity contribution in [1.82, 2.24) is 10.6 Å². The summed E-state index contributed by atoms with van der Waals surface area (Å²) >= 11 is 0. The van der Waals surface area contributed by atoms with Crippen LogP contribution in [0, 0.1) is 0 Å². The molecule has 108 valence electrons. The lowest BCUT2D eigenvalue weighted by atomic mass is 9.88. The van der Waals surface area contributed by atoms with Crippen molar-refractivity contribution >= 4 is 12.0 Å². The van der Waals surface area contributed by atoms with Gasteiger partial charge < -0.3 is 20.8 Å². The van der Waals surface area contributed by atoms with Crippen molar-refractivity contribution in [3.05, 3.63) is 35.4 Å². The summed E-state index contributed by atoms with van der Waals surface area (Å²) in [5, 5.41) is 22.6. The molecule has 0 bridgehead atoms. The number of aryl methyl sites for hydroxylation is 1. The van der Waals surface area contributed by atoms with E-state index in [-0.39, 0.29) is 6.04 Å². The first-order valence-corrected chi connectivity index (χ1v) is 6.57. The Hall–Kier alpha value is -2.08. The fourth-order valence-corrected chi connectivity index (χ4v) is 2.39. The maximum atomic E-state index is 11.7. The molecule has 6 heteroatoms. The lowest BCUT2D eigenvalue weighted by Crippen LogP contribution is -2.51. The molecule has 1 aliphatic rings. The average Bonchev–Trinajstić information content (AvgIpc) is 2.44. The first-order chi connectivity index (χ1) is 9.60. The van der Waals surface area contributed by atoms with Crippen LogP contribution in [0.4, 0.5) is 4.79 Å². The van der Waals surface area contributed by atoms with Crippen LogP contribution in [0.3, 0.4) is 0 Å². The molecule has 0 fully saturated rings. The molecule has 6 nitrogen and oxygen atoms in total. The van der Waals surface area contributed by atoms with Crippen LogP contribution in [0.2, 0.25) is 0 Å². The molecule has 2 rings (SSSR count). The maximum absolute atomic E-state index is 11.7. The number of aliphatic hydroxyl groups excluding tert-OH is 1. The summed E-state index contributed by atoms with van der Waals surface area (Å²) in [6.07, 6.45) is 2.45. The number of aliphatic hydroxyl groups is 1. The lowest BCUT2D eigenvalue weighted by molar-refractivity contribution is -0.140. The monoisotopic (exact) mass is 278 g/mol. The number of hydrogen-bond acceptors (Lipinski definition) is 3. The Labute approximate surface area is 116 Å². The summed E-state index contributed by atoms with van der Waals surface area (Å²) in [6.45, 7) is -0.629. The number of nitrogens with one attached hydrogen (secondary N) is 2. The minimum atomic E-state index is -1.27. The highest BCUT2D eigenvalue weighted by atomic mass is 16.4. The van der Waals surface area contributed by atoms with E-state index < -0.39 is 24.6 Å². The molecule has 0 heterocycles. The van der Waals surface area contributed by atoms with Crippen LogP contribution in [-0.4, -0.2) is 40.9 Å². The Kier molecular flexibility index (Phi) is 4.57. The van der Waals surface area contributed by atoms with E-state index >= 15 is 0 Å². The molecule has 0 radical (unpaired) electrons. The zero-order chi connectivity index (χ0) is 14.5. The molecule has 0 aromatic heterocycles. The molecular formula is C14H18N2O4. The van der Waals surface area contributed by atoms with Crippen molar-refractivity contribution < 1.29 is 19.8 Å². The Morgan fingerprint density at radius 1 is 1.30 bits per heavy atom. The summed E-state index contributed by atoms with van der Waals surface area (Å²) in [7, 11) is 0. The molecule has 2 atom stereocenters. The molecule has 4 N–H and O–H groups in total. The molecule has 1 aromatic rings. The second-order valence-electron chi connectivity index (χ2n) is 4.90. The number of carboxylic acid groups (broad SMARTS) is 1. The van der Waals surface area contributed by atoms with E-state index in [1.165, 1.54) is 11.1 Å². The summed E-state index contributed by atoms with van der Waals surface area (Å²) in [5.41, 5.74) is 2.51. The van der Waals surface area contributed by atoms with Gasteiger partial charge in [0, 0.05) is 6.04 Å². The largest absolute Gasteiger partial charge is 0.480 e. The second kappa shape index (κ2) is 6.38. The number of fused-ring (bicyclic) bond motifs is 1. The quantitative estimate of drug-likeness (QED) is 0.636. The van der Waals surface area contributed by atoms with E-state index in [1.807, 2.05) is 18.2 Å². The van der Waals surface area contributed by atoms with Crippen LogP contribution >= 0.6 is 0 Å². The minimum absolute atomic E-state index is 0.0157. The van der Waals surface area contributed by atoms with Crippen LogP contribution in [0.25, 0.3) is 0 Å². The van der Waals surface area contributed by atoms with Gasteiger partial charge >= 0.3 is 12.0 Å². The number of carbonyl (C=O) groups excluding carboxylic acids is 1. The summed E-state index contributed by atoms with van der Waals surface area (Å²) in [6, 6.07) is 6.23. The molecule has 1 aliphatic carbocycles. The van der Waals surface area contributed by atoms with Crippen molar-refractivity contribution in [2.24, 2.45) is 0 Å². The zero-order valence-electron chi connectivity index (χ0n) is 11.0. The molecule has 2 unspecified atom stereocenters. The summed E-state index contributed by atoms with van der Waals surface area (Å²) in [4.78, 5) is 22.4. The second-order valence-corrected chi connectivity index (χ2v) is 4.90.